The maximum atomic E-state index is 10.5. The fraction of sp³-hybridized carbons (Fsp3) is 0.357. The van der Waals surface area contributed by atoms with Gasteiger partial charge in [0.2, 0.25) is 0 Å². The Morgan fingerprint density at radius 3 is 2.38 bits per heavy atom. The van der Waals surface area contributed by atoms with Gasteiger partial charge in [-0.1, -0.05) is 41.5 Å². The van der Waals surface area contributed by atoms with Crippen LogP contribution in [0, 0.1) is 0 Å². The summed E-state index contributed by atoms with van der Waals surface area (Å²) < 4.78 is 4.80. The van der Waals surface area contributed by atoms with Crippen molar-refractivity contribution >= 4 is 5.97 Å². The molecule has 0 fully saturated rings. The standard InChI is InChI=1S/C14H20O2/c1-5-7-12(2)8-6-9-13(3)10-11-16-14(4)15/h5-10H,11H2,1-4H3/b7-5+,9-6+,12-8+,13-10+. The Balaban J connectivity index is 4.12. The molecule has 0 atom stereocenters. The van der Waals surface area contributed by atoms with E-state index in [-0.39, 0.29) is 5.97 Å². The van der Waals surface area contributed by atoms with Crippen LogP contribution in [0.5, 0.6) is 0 Å². The number of ether oxygens (including phenoxy) is 1. The Morgan fingerprint density at radius 1 is 1.12 bits per heavy atom. The number of esters is 1. The second kappa shape index (κ2) is 8.72. The second-order valence-corrected chi connectivity index (χ2v) is 3.52. The van der Waals surface area contributed by atoms with E-state index in [1.807, 2.05) is 57.2 Å². The number of allylic oxidation sites excluding steroid dienone is 7. The zero-order valence-electron chi connectivity index (χ0n) is 10.5. The van der Waals surface area contributed by atoms with Gasteiger partial charge in [-0.05, 0) is 26.8 Å². The molecule has 0 aliphatic heterocycles. The van der Waals surface area contributed by atoms with E-state index >= 15 is 0 Å². The Hall–Kier alpha value is -1.57. The maximum Gasteiger partial charge on any atom is 0.302 e. The average Bonchev–Trinajstić information content (AvgIpc) is 2.17. The van der Waals surface area contributed by atoms with Gasteiger partial charge in [0.25, 0.3) is 0 Å². The summed E-state index contributed by atoms with van der Waals surface area (Å²) in [6.45, 7) is 7.75. The van der Waals surface area contributed by atoms with Crippen molar-refractivity contribution in [2.45, 2.75) is 27.7 Å². The zero-order valence-corrected chi connectivity index (χ0v) is 10.5. The molecule has 0 aromatic rings. The van der Waals surface area contributed by atoms with Crippen LogP contribution in [0.25, 0.3) is 0 Å². The van der Waals surface area contributed by atoms with Gasteiger partial charge in [0.05, 0.1) is 0 Å². The minimum Gasteiger partial charge on any atom is -0.462 e. The lowest BCUT2D eigenvalue weighted by Crippen LogP contribution is -1.97. The zero-order chi connectivity index (χ0) is 12.4. The van der Waals surface area contributed by atoms with E-state index < -0.39 is 0 Å². The molecule has 0 N–H and O–H groups in total. The third-order valence-corrected chi connectivity index (χ3v) is 1.84. The van der Waals surface area contributed by atoms with Crippen LogP contribution in [-0.4, -0.2) is 12.6 Å². The van der Waals surface area contributed by atoms with Crippen LogP contribution in [0.1, 0.15) is 27.7 Å². The lowest BCUT2D eigenvalue weighted by molar-refractivity contribution is -0.139. The maximum absolute atomic E-state index is 10.5. The average molecular weight is 220 g/mol. The van der Waals surface area contributed by atoms with E-state index in [1.165, 1.54) is 12.5 Å². The first-order valence-electron chi connectivity index (χ1n) is 5.34. The summed E-state index contributed by atoms with van der Waals surface area (Å²) in [7, 11) is 0. The van der Waals surface area contributed by atoms with Crippen molar-refractivity contribution in [1.29, 1.82) is 0 Å². The highest BCUT2D eigenvalue weighted by molar-refractivity contribution is 5.66. The van der Waals surface area contributed by atoms with E-state index in [2.05, 4.69) is 0 Å². The molecule has 0 aromatic carbocycles. The van der Waals surface area contributed by atoms with Crippen LogP contribution >= 0.6 is 0 Å². The highest BCUT2D eigenvalue weighted by atomic mass is 16.5. The van der Waals surface area contributed by atoms with Crippen molar-refractivity contribution in [2.24, 2.45) is 0 Å². The molecule has 0 aliphatic rings. The summed E-state index contributed by atoms with van der Waals surface area (Å²) in [6.07, 6.45) is 11.9. The summed E-state index contributed by atoms with van der Waals surface area (Å²) in [4.78, 5) is 10.5. The van der Waals surface area contributed by atoms with Crippen LogP contribution in [0.4, 0.5) is 0 Å². The fourth-order valence-corrected chi connectivity index (χ4v) is 1.03. The minimum absolute atomic E-state index is 0.253. The van der Waals surface area contributed by atoms with Gasteiger partial charge >= 0.3 is 5.97 Å². The van der Waals surface area contributed by atoms with E-state index in [1.54, 1.807) is 0 Å². The molecule has 0 aromatic heterocycles. The predicted molar refractivity (Wildman–Crippen MR) is 68.1 cm³/mol. The monoisotopic (exact) mass is 220 g/mol. The van der Waals surface area contributed by atoms with E-state index in [0.717, 1.165) is 5.57 Å². The molecule has 0 saturated carbocycles. The number of carbonyl (C=O) groups excluding carboxylic acids is 1. The summed E-state index contributed by atoms with van der Waals surface area (Å²) >= 11 is 0. The fourth-order valence-electron chi connectivity index (χ4n) is 1.03. The summed E-state index contributed by atoms with van der Waals surface area (Å²) in [5.41, 5.74) is 2.28. The second-order valence-electron chi connectivity index (χ2n) is 3.52. The highest BCUT2D eigenvalue weighted by Gasteiger charge is 1.88. The van der Waals surface area contributed by atoms with Gasteiger partial charge in [-0.2, -0.15) is 0 Å². The Labute approximate surface area is 98.0 Å². The molecule has 0 amide bonds. The molecule has 0 spiro atoms. The van der Waals surface area contributed by atoms with Crippen LogP contribution in [0.15, 0.2) is 47.6 Å². The summed E-state index contributed by atoms with van der Waals surface area (Å²) in [5.74, 6) is -0.253. The summed E-state index contributed by atoms with van der Waals surface area (Å²) in [5, 5.41) is 0. The first-order valence-corrected chi connectivity index (χ1v) is 5.34. The van der Waals surface area contributed by atoms with Crippen molar-refractivity contribution in [3.8, 4) is 0 Å². The lowest BCUT2D eigenvalue weighted by atomic mass is 10.2. The van der Waals surface area contributed by atoms with Crippen LogP contribution in [0.2, 0.25) is 0 Å². The molecule has 0 aliphatic carbocycles. The molecule has 0 rings (SSSR count). The smallest absolute Gasteiger partial charge is 0.302 e. The molecular weight excluding hydrogens is 200 g/mol. The van der Waals surface area contributed by atoms with Crippen molar-refractivity contribution in [3.63, 3.8) is 0 Å². The molecule has 0 saturated heterocycles. The van der Waals surface area contributed by atoms with Crippen molar-refractivity contribution < 1.29 is 9.53 Å². The molecule has 0 bridgehead atoms. The van der Waals surface area contributed by atoms with Crippen LogP contribution in [0.3, 0.4) is 0 Å². The number of carbonyl (C=O) groups is 1. The quantitative estimate of drug-likeness (QED) is 0.523. The first-order chi connectivity index (χ1) is 7.56. The van der Waals surface area contributed by atoms with Gasteiger partial charge in [0.15, 0.2) is 0 Å². The predicted octanol–water partition coefficient (Wildman–Crippen LogP) is 3.57. The topological polar surface area (TPSA) is 26.3 Å². The number of hydrogen-bond acceptors (Lipinski definition) is 2. The highest BCUT2D eigenvalue weighted by Crippen LogP contribution is 1.99. The third-order valence-electron chi connectivity index (χ3n) is 1.84. The number of rotatable bonds is 5. The van der Waals surface area contributed by atoms with Crippen molar-refractivity contribution in [2.75, 3.05) is 6.61 Å². The van der Waals surface area contributed by atoms with E-state index in [4.69, 9.17) is 4.74 Å². The van der Waals surface area contributed by atoms with Gasteiger partial charge in [-0.25, -0.2) is 0 Å². The molecule has 2 nitrogen and oxygen atoms in total. The Bertz CT molecular complexity index is 331. The Morgan fingerprint density at radius 2 is 1.81 bits per heavy atom. The van der Waals surface area contributed by atoms with E-state index in [9.17, 15) is 4.79 Å². The van der Waals surface area contributed by atoms with Gasteiger partial charge < -0.3 is 4.74 Å². The largest absolute Gasteiger partial charge is 0.462 e. The van der Waals surface area contributed by atoms with Crippen LogP contribution < -0.4 is 0 Å². The summed E-state index contributed by atoms with van der Waals surface area (Å²) in [6, 6.07) is 0. The normalized spacial score (nSPS) is 13.8. The minimum atomic E-state index is -0.253. The molecule has 88 valence electrons. The molecule has 0 heterocycles. The van der Waals surface area contributed by atoms with Gasteiger partial charge in [-0.3, -0.25) is 4.79 Å². The molecular formula is C14H20O2. The molecule has 2 heteroatoms. The number of hydrogen-bond donors (Lipinski definition) is 0. The molecule has 16 heavy (non-hydrogen) atoms. The van der Waals surface area contributed by atoms with Gasteiger partial charge in [0.1, 0.15) is 6.61 Å². The third kappa shape index (κ3) is 9.00. The van der Waals surface area contributed by atoms with Gasteiger partial charge in [0, 0.05) is 6.92 Å². The van der Waals surface area contributed by atoms with Crippen molar-refractivity contribution in [1.82, 2.24) is 0 Å². The van der Waals surface area contributed by atoms with E-state index in [0.29, 0.717) is 6.61 Å². The lowest BCUT2D eigenvalue weighted by Gasteiger charge is -1.96. The molecule has 0 unspecified atom stereocenters. The van der Waals surface area contributed by atoms with Crippen molar-refractivity contribution in [3.05, 3.63) is 47.6 Å². The van der Waals surface area contributed by atoms with Crippen LogP contribution in [-0.2, 0) is 9.53 Å². The first kappa shape index (κ1) is 14.4. The van der Waals surface area contributed by atoms with Gasteiger partial charge in [-0.15, -0.1) is 0 Å². The SMILES string of the molecule is C/C=C/C(C)=C/C=C/C(C)=C/COC(C)=O. The molecule has 0 radical (unpaired) electrons. The Kier molecular flexibility index (Phi) is 7.86.